The van der Waals surface area contributed by atoms with Gasteiger partial charge in [-0.25, -0.2) is 0 Å². The van der Waals surface area contributed by atoms with Gasteiger partial charge in [-0.05, 0) is 47.4 Å². The molecular weight excluding hydrogens is 302 g/mol. The maximum atomic E-state index is 6.60. The van der Waals surface area contributed by atoms with E-state index in [2.05, 4.69) is 61.2 Å². The van der Waals surface area contributed by atoms with Crippen LogP contribution < -0.4 is 0 Å². The van der Waals surface area contributed by atoms with Crippen LogP contribution in [-0.2, 0) is 13.0 Å². The van der Waals surface area contributed by atoms with Crippen LogP contribution in [0.1, 0.15) is 41.5 Å². The third-order valence-electron chi connectivity index (χ3n) is 5.91. The summed E-state index contributed by atoms with van der Waals surface area (Å²) < 4.78 is 0. The lowest BCUT2D eigenvalue weighted by molar-refractivity contribution is 0.240. The monoisotopic (exact) mass is 325 g/mol. The predicted octanol–water partition coefficient (Wildman–Crippen LogP) is 5.20. The molecule has 2 aromatic carbocycles. The lowest BCUT2D eigenvalue weighted by atomic mass is 9.67. The molecule has 1 heterocycles. The Kier molecular flexibility index (Phi) is 3.74. The van der Waals surface area contributed by atoms with Crippen LogP contribution in [0.4, 0.5) is 0 Å². The Labute approximate surface area is 144 Å². The molecule has 1 saturated heterocycles. The van der Waals surface area contributed by atoms with Gasteiger partial charge in [0.25, 0.3) is 0 Å². The minimum absolute atomic E-state index is 0.389. The Balaban J connectivity index is 1.63. The first-order valence-electron chi connectivity index (χ1n) is 8.61. The van der Waals surface area contributed by atoms with Crippen molar-refractivity contribution in [3.05, 3.63) is 69.7 Å². The van der Waals surface area contributed by atoms with E-state index in [0.29, 0.717) is 11.3 Å². The first-order valence-corrected chi connectivity index (χ1v) is 8.99. The number of likely N-dealkylation sites (tertiary alicyclic amines) is 1. The molecule has 2 heteroatoms. The minimum Gasteiger partial charge on any atom is -0.298 e. The molecule has 1 aliphatic heterocycles. The molecule has 0 aromatic heterocycles. The molecule has 1 nitrogen and oxygen atoms in total. The zero-order chi connectivity index (χ0) is 16.0. The number of hydrogen-bond donors (Lipinski definition) is 0. The van der Waals surface area contributed by atoms with Crippen LogP contribution in [0.2, 0.25) is 5.02 Å². The Morgan fingerprint density at radius 2 is 1.96 bits per heavy atom. The second-order valence-electron chi connectivity index (χ2n) is 7.63. The quantitative estimate of drug-likeness (QED) is 0.733. The smallest absolute Gasteiger partial charge is 0.0470 e. The van der Waals surface area contributed by atoms with Crippen molar-refractivity contribution in [3.63, 3.8) is 0 Å². The zero-order valence-corrected chi connectivity index (χ0v) is 14.7. The highest BCUT2D eigenvalue weighted by Gasteiger charge is 2.46. The molecule has 2 atom stereocenters. The minimum atomic E-state index is 0.389. The summed E-state index contributed by atoms with van der Waals surface area (Å²) in [5, 5.41) is 1.01. The van der Waals surface area contributed by atoms with E-state index in [1.165, 1.54) is 35.2 Å². The average Bonchev–Trinajstić information content (AvgIpc) is 2.88. The van der Waals surface area contributed by atoms with Crippen molar-refractivity contribution in [1.29, 1.82) is 0 Å². The number of aryl methyl sites for hydroxylation is 1. The molecule has 2 aliphatic rings. The van der Waals surface area contributed by atoms with Gasteiger partial charge >= 0.3 is 0 Å². The summed E-state index contributed by atoms with van der Waals surface area (Å²) in [4.78, 5) is 2.63. The number of rotatable bonds is 2. The molecule has 120 valence electrons. The van der Waals surface area contributed by atoms with Crippen LogP contribution in [0.25, 0.3) is 0 Å². The van der Waals surface area contributed by atoms with Crippen molar-refractivity contribution < 1.29 is 0 Å². The summed E-state index contributed by atoms with van der Waals surface area (Å²) in [7, 11) is 0. The van der Waals surface area contributed by atoms with Crippen LogP contribution in [0.5, 0.6) is 0 Å². The van der Waals surface area contributed by atoms with Crippen LogP contribution >= 0.6 is 11.6 Å². The Morgan fingerprint density at radius 3 is 2.74 bits per heavy atom. The first kappa shape index (κ1) is 15.2. The van der Waals surface area contributed by atoms with Gasteiger partial charge in [0.2, 0.25) is 0 Å². The van der Waals surface area contributed by atoms with Gasteiger partial charge in [-0.3, -0.25) is 4.90 Å². The molecule has 0 bridgehead atoms. The van der Waals surface area contributed by atoms with Gasteiger partial charge in [-0.2, -0.15) is 0 Å². The van der Waals surface area contributed by atoms with Gasteiger partial charge in [-0.1, -0.05) is 61.0 Å². The van der Waals surface area contributed by atoms with Crippen molar-refractivity contribution in [2.75, 3.05) is 13.1 Å². The van der Waals surface area contributed by atoms with Gasteiger partial charge in [-0.15, -0.1) is 0 Å². The van der Waals surface area contributed by atoms with Crippen molar-refractivity contribution in [3.8, 4) is 0 Å². The lowest BCUT2D eigenvalue weighted by Gasteiger charge is -2.37. The molecule has 0 spiro atoms. The molecule has 0 N–H and O–H groups in total. The fourth-order valence-corrected chi connectivity index (χ4v) is 4.86. The third kappa shape index (κ3) is 2.60. The van der Waals surface area contributed by atoms with Crippen molar-refractivity contribution in [1.82, 2.24) is 4.90 Å². The van der Waals surface area contributed by atoms with Crippen molar-refractivity contribution in [2.24, 2.45) is 5.41 Å². The Bertz CT molecular complexity index is 724. The highest BCUT2D eigenvalue weighted by molar-refractivity contribution is 6.32. The van der Waals surface area contributed by atoms with E-state index in [1.54, 1.807) is 0 Å². The van der Waals surface area contributed by atoms with Gasteiger partial charge < -0.3 is 0 Å². The Hall–Kier alpha value is -1.31. The summed E-state index contributed by atoms with van der Waals surface area (Å²) in [5.41, 5.74) is 5.94. The average molecular weight is 326 g/mol. The second-order valence-corrected chi connectivity index (χ2v) is 8.00. The zero-order valence-electron chi connectivity index (χ0n) is 14.0. The number of halogens is 1. The number of benzene rings is 2. The van der Waals surface area contributed by atoms with E-state index in [9.17, 15) is 0 Å². The maximum absolute atomic E-state index is 6.60. The topological polar surface area (TPSA) is 3.24 Å². The molecule has 1 aliphatic carbocycles. The van der Waals surface area contributed by atoms with Crippen LogP contribution in [0, 0.1) is 12.3 Å². The van der Waals surface area contributed by atoms with Gasteiger partial charge in [0, 0.05) is 30.6 Å². The fourth-order valence-electron chi connectivity index (χ4n) is 4.60. The van der Waals surface area contributed by atoms with Gasteiger partial charge in [0.1, 0.15) is 0 Å². The van der Waals surface area contributed by atoms with E-state index < -0.39 is 0 Å². The van der Waals surface area contributed by atoms with Gasteiger partial charge in [0.15, 0.2) is 0 Å². The number of nitrogens with zero attached hydrogens (tertiary/aromatic N) is 1. The van der Waals surface area contributed by atoms with E-state index in [1.807, 2.05) is 0 Å². The number of hydrogen-bond acceptors (Lipinski definition) is 1. The molecule has 23 heavy (non-hydrogen) atoms. The summed E-state index contributed by atoms with van der Waals surface area (Å²) in [5.74, 6) is 0.619. The van der Waals surface area contributed by atoms with Crippen LogP contribution in [0.3, 0.4) is 0 Å². The van der Waals surface area contributed by atoms with E-state index in [4.69, 9.17) is 11.6 Å². The van der Waals surface area contributed by atoms with E-state index in [0.717, 1.165) is 24.5 Å². The van der Waals surface area contributed by atoms with E-state index in [-0.39, 0.29) is 0 Å². The normalized spacial score (nSPS) is 26.8. The summed E-state index contributed by atoms with van der Waals surface area (Å²) in [6.45, 7) is 7.99. The second kappa shape index (κ2) is 5.65. The maximum Gasteiger partial charge on any atom is 0.0470 e. The predicted molar refractivity (Wildman–Crippen MR) is 97.1 cm³/mol. The molecule has 2 unspecified atom stereocenters. The van der Waals surface area contributed by atoms with Crippen LogP contribution in [-0.4, -0.2) is 18.0 Å². The van der Waals surface area contributed by atoms with E-state index >= 15 is 0 Å². The van der Waals surface area contributed by atoms with Gasteiger partial charge in [0.05, 0.1) is 0 Å². The summed E-state index contributed by atoms with van der Waals surface area (Å²) in [6, 6.07) is 15.4. The molecule has 0 saturated carbocycles. The highest BCUT2D eigenvalue weighted by Crippen LogP contribution is 2.51. The molecule has 4 rings (SSSR count). The van der Waals surface area contributed by atoms with Crippen molar-refractivity contribution in [2.45, 2.75) is 39.2 Å². The van der Waals surface area contributed by atoms with Crippen molar-refractivity contribution >= 4 is 11.6 Å². The molecule has 0 radical (unpaired) electrons. The SMILES string of the molecule is Cc1ccc2c(c1Cl)CCC1(C)CN(Cc3ccccc3)CC21. The molecule has 2 aromatic rings. The molecule has 1 fully saturated rings. The molecule has 0 amide bonds. The standard InChI is InChI=1S/C21H24ClN/c1-15-8-9-17-18(20(15)22)10-11-21(2)14-23(13-19(17)21)12-16-6-4-3-5-7-16/h3-9,19H,10-14H2,1-2H3. The Morgan fingerprint density at radius 1 is 1.17 bits per heavy atom. The highest BCUT2D eigenvalue weighted by atomic mass is 35.5. The third-order valence-corrected chi connectivity index (χ3v) is 6.44. The lowest BCUT2D eigenvalue weighted by Crippen LogP contribution is -2.30. The summed E-state index contributed by atoms with van der Waals surface area (Å²) in [6.07, 6.45) is 2.38. The molecular formula is C21H24ClN. The van der Waals surface area contributed by atoms with Crippen LogP contribution in [0.15, 0.2) is 42.5 Å². The summed E-state index contributed by atoms with van der Waals surface area (Å²) >= 11 is 6.60. The largest absolute Gasteiger partial charge is 0.298 e. The fraction of sp³-hybridized carbons (Fsp3) is 0.429. The number of fused-ring (bicyclic) bond motifs is 3. The first-order chi connectivity index (χ1) is 11.1.